The zero-order valence-electron chi connectivity index (χ0n) is 9.81. The van der Waals surface area contributed by atoms with Crippen LogP contribution in [0.4, 0.5) is 10.1 Å². The van der Waals surface area contributed by atoms with Crippen molar-refractivity contribution in [2.24, 2.45) is 0 Å². The fourth-order valence-electron chi connectivity index (χ4n) is 1.71. The van der Waals surface area contributed by atoms with Crippen molar-refractivity contribution >= 4 is 23.3 Å². The molecular weight excluding hydrogens is 269 g/mol. The molecule has 0 fully saturated rings. The van der Waals surface area contributed by atoms with Crippen LogP contribution in [0.5, 0.6) is 0 Å². The van der Waals surface area contributed by atoms with Crippen molar-refractivity contribution < 1.29 is 14.3 Å². The number of carboxylic acid groups (broad SMARTS) is 1. The Bertz CT molecular complexity index is 569. The Kier molecular flexibility index (Phi) is 4.02. The van der Waals surface area contributed by atoms with Gasteiger partial charge in [0, 0.05) is 0 Å². The number of hydrogen-bond acceptors (Lipinski definition) is 2. The summed E-state index contributed by atoms with van der Waals surface area (Å²) in [6, 6.07) is 11.6. The number of carboxylic acids is 1. The summed E-state index contributed by atoms with van der Waals surface area (Å²) in [5.41, 5.74) is 0.509. The number of hydrogen-bond donors (Lipinski definition) is 2. The Morgan fingerprint density at radius 1 is 1.16 bits per heavy atom. The van der Waals surface area contributed by atoms with Gasteiger partial charge in [0.15, 0.2) is 6.04 Å². The molecule has 0 aliphatic rings. The Morgan fingerprint density at radius 2 is 1.84 bits per heavy atom. The number of para-hydroxylation sites is 1. The van der Waals surface area contributed by atoms with Crippen LogP contribution in [0.1, 0.15) is 11.6 Å². The van der Waals surface area contributed by atoms with Crippen LogP contribution in [0, 0.1) is 5.82 Å². The van der Waals surface area contributed by atoms with E-state index >= 15 is 0 Å². The van der Waals surface area contributed by atoms with Crippen molar-refractivity contribution in [2.75, 3.05) is 5.32 Å². The summed E-state index contributed by atoms with van der Waals surface area (Å²) < 4.78 is 13.7. The lowest BCUT2D eigenvalue weighted by Crippen LogP contribution is -2.21. The molecule has 1 unspecified atom stereocenters. The van der Waals surface area contributed by atoms with E-state index in [-0.39, 0.29) is 10.7 Å². The monoisotopic (exact) mass is 279 g/mol. The molecule has 2 aromatic rings. The predicted molar refractivity (Wildman–Crippen MR) is 71.9 cm³/mol. The van der Waals surface area contributed by atoms with Crippen LogP contribution in [0.3, 0.4) is 0 Å². The Morgan fingerprint density at radius 3 is 2.42 bits per heavy atom. The number of rotatable bonds is 4. The molecular formula is C14H11ClFNO2. The van der Waals surface area contributed by atoms with Crippen molar-refractivity contribution in [2.45, 2.75) is 6.04 Å². The number of benzene rings is 2. The van der Waals surface area contributed by atoms with Gasteiger partial charge in [0.25, 0.3) is 0 Å². The van der Waals surface area contributed by atoms with Gasteiger partial charge < -0.3 is 10.4 Å². The van der Waals surface area contributed by atoms with E-state index in [1.165, 1.54) is 18.2 Å². The molecule has 0 saturated heterocycles. The summed E-state index contributed by atoms with van der Waals surface area (Å²) in [7, 11) is 0. The van der Waals surface area contributed by atoms with Gasteiger partial charge in [0.1, 0.15) is 5.82 Å². The zero-order valence-corrected chi connectivity index (χ0v) is 10.6. The average molecular weight is 280 g/mol. The SMILES string of the molecule is O=C(O)C(Nc1c(F)cccc1Cl)c1ccccc1. The molecule has 0 aromatic heterocycles. The minimum absolute atomic E-state index is 0.0135. The summed E-state index contributed by atoms with van der Waals surface area (Å²) in [6.07, 6.45) is 0. The highest BCUT2D eigenvalue weighted by Crippen LogP contribution is 2.28. The van der Waals surface area contributed by atoms with Crippen molar-refractivity contribution in [1.29, 1.82) is 0 Å². The largest absolute Gasteiger partial charge is 0.479 e. The lowest BCUT2D eigenvalue weighted by molar-refractivity contribution is -0.138. The van der Waals surface area contributed by atoms with Crippen molar-refractivity contribution in [3.63, 3.8) is 0 Å². The average Bonchev–Trinajstić information content (AvgIpc) is 2.39. The van der Waals surface area contributed by atoms with Crippen LogP contribution >= 0.6 is 11.6 Å². The van der Waals surface area contributed by atoms with Crippen molar-refractivity contribution in [3.05, 3.63) is 64.9 Å². The molecule has 2 aromatic carbocycles. The first kappa shape index (κ1) is 13.4. The number of carbonyl (C=O) groups is 1. The third kappa shape index (κ3) is 3.03. The van der Waals surface area contributed by atoms with E-state index in [9.17, 15) is 14.3 Å². The zero-order chi connectivity index (χ0) is 13.8. The molecule has 0 heterocycles. The van der Waals surface area contributed by atoms with Crippen LogP contribution in [-0.4, -0.2) is 11.1 Å². The fraction of sp³-hybridized carbons (Fsp3) is 0.0714. The van der Waals surface area contributed by atoms with E-state index in [4.69, 9.17) is 11.6 Å². The Hall–Kier alpha value is -2.07. The van der Waals surface area contributed by atoms with Crippen LogP contribution < -0.4 is 5.32 Å². The fourth-order valence-corrected chi connectivity index (χ4v) is 1.93. The summed E-state index contributed by atoms with van der Waals surface area (Å²) in [5.74, 6) is -1.69. The Labute approximate surface area is 114 Å². The lowest BCUT2D eigenvalue weighted by atomic mass is 10.1. The van der Waals surface area contributed by atoms with Gasteiger partial charge in [-0.25, -0.2) is 9.18 Å². The molecule has 0 spiro atoms. The molecule has 0 bridgehead atoms. The highest BCUT2D eigenvalue weighted by atomic mass is 35.5. The van der Waals surface area contributed by atoms with Crippen LogP contribution in [0.15, 0.2) is 48.5 Å². The van der Waals surface area contributed by atoms with Gasteiger partial charge in [-0.3, -0.25) is 0 Å². The van der Waals surface area contributed by atoms with E-state index in [0.717, 1.165) is 0 Å². The molecule has 0 radical (unpaired) electrons. The first-order chi connectivity index (χ1) is 9.09. The standard InChI is InChI=1S/C14H11ClFNO2/c15-10-7-4-8-11(16)13(10)17-12(14(18)19)9-5-2-1-3-6-9/h1-8,12,17H,(H,18,19). The van der Waals surface area contributed by atoms with Gasteiger partial charge in [0.05, 0.1) is 10.7 Å². The second kappa shape index (κ2) is 5.71. The summed E-state index contributed by atoms with van der Waals surface area (Å²) >= 11 is 5.87. The van der Waals surface area contributed by atoms with Gasteiger partial charge in [-0.05, 0) is 17.7 Å². The molecule has 5 heteroatoms. The lowest BCUT2D eigenvalue weighted by Gasteiger charge is -2.17. The topological polar surface area (TPSA) is 49.3 Å². The maximum Gasteiger partial charge on any atom is 0.330 e. The summed E-state index contributed by atoms with van der Waals surface area (Å²) in [5, 5.41) is 12.0. The van der Waals surface area contributed by atoms with Crippen LogP contribution in [0.2, 0.25) is 5.02 Å². The second-order valence-electron chi connectivity index (χ2n) is 3.92. The van der Waals surface area contributed by atoms with Gasteiger partial charge in [-0.2, -0.15) is 0 Å². The molecule has 0 aliphatic carbocycles. The van der Waals surface area contributed by atoms with Crippen molar-refractivity contribution in [3.8, 4) is 0 Å². The molecule has 2 N–H and O–H groups in total. The molecule has 0 aliphatic heterocycles. The molecule has 3 nitrogen and oxygen atoms in total. The van der Waals surface area contributed by atoms with Gasteiger partial charge in [-0.15, -0.1) is 0 Å². The molecule has 19 heavy (non-hydrogen) atoms. The smallest absolute Gasteiger partial charge is 0.330 e. The summed E-state index contributed by atoms with van der Waals surface area (Å²) in [4.78, 5) is 11.3. The second-order valence-corrected chi connectivity index (χ2v) is 4.33. The minimum atomic E-state index is -1.11. The number of aliphatic carboxylic acids is 1. The van der Waals surface area contributed by atoms with E-state index < -0.39 is 17.8 Å². The molecule has 98 valence electrons. The Balaban J connectivity index is 2.35. The first-order valence-corrected chi connectivity index (χ1v) is 5.95. The molecule has 1 atom stereocenters. The first-order valence-electron chi connectivity index (χ1n) is 5.58. The normalized spacial score (nSPS) is 11.9. The van der Waals surface area contributed by atoms with Crippen molar-refractivity contribution in [1.82, 2.24) is 0 Å². The van der Waals surface area contributed by atoms with Gasteiger partial charge in [0.2, 0.25) is 0 Å². The van der Waals surface area contributed by atoms with E-state index in [0.29, 0.717) is 5.56 Å². The predicted octanol–water partition coefficient (Wildman–Crippen LogP) is 3.72. The third-order valence-corrected chi connectivity index (χ3v) is 2.95. The van der Waals surface area contributed by atoms with E-state index in [2.05, 4.69) is 5.32 Å². The molecule has 2 rings (SSSR count). The van der Waals surface area contributed by atoms with E-state index in [1.54, 1.807) is 30.3 Å². The molecule has 0 amide bonds. The summed E-state index contributed by atoms with van der Waals surface area (Å²) in [6.45, 7) is 0. The highest BCUT2D eigenvalue weighted by Gasteiger charge is 2.21. The highest BCUT2D eigenvalue weighted by molar-refractivity contribution is 6.33. The number of halogens is 2. The van der Waals surface area contributed by atoms with Crippen LogP contribution in [0.25, 0.3) is 0 Å². The minimum Gasteiger partial charge on any atom is -0.479 e. The van der Waals surface area contributed by atoms with E-state index in [1.807, 2.05) is 0 Å². The number of anilines is 1. The van der Waals surface area contributed by atoms with Crippen LogP contribution in [-0.2, 0) is 4.79 Å². The maximum atomic E-state index is 13.7. The number of nitrogens with one attached hydrogen (secondary N) is 1. The quantitative estimate of drug-likeness (QED) is 0.897. The van der Waals surface area contributed by atoms with Gasteiger partial charge in [-0.1, -0.05) is 48.0 Å². The third-order valence-electron chi connectivity index (χ3n) is 2.63. The molecule has 0 saturated carbocycles. The van der Waals surface area contributed by atoms with Gasteiger partial charge >= 0.3 is 5.97 Å². The maximum absolute atomic E-state index is 13.7.